The zero-order valence-electron chi connectivity index (χ0n) is 8.31. The van der Waals surface area contributed by atoms with Gasteiger partial charge in [0.15, 0.2) is 0 Å². The van der Waals surface area contributed by atoms with Crippen molar-refractivity contribution in [3.8, 4) is 0 Å². The van der Waals surface area contributed by atoms with Crippen LogP contribution in [0, 0.1) is 0 Å². The number of rotatable bonds is 3. The lowest BCUT2D eigenvalue weighted by atomic mass is 10.0. The molecule has 0 saturated carbocycles. The third-order valence-corrected chi connectivity index (χ3v) is 2.45. The van der Waals surface area contributed by atoms with Crippen LogP contribution in [0.1, 0.15) is 18.0 Å². The average Bonchev–Trinajstić information content (AvgIpc) is 2.64. The third-order valence-electron chi connectivity index (χ3n) is 2.45. The minimum atomic E-state index is -0.0701. The number of nitrogens with one attached hydrogen (secondary N) is 1. The molecule has 15 heavy (non-hydrogen) atoms. The van der Waals surface area contributed by atoms with Gasteiger partial charge in [-0.05, 0) is 35.6 Å². The van der Waals surface area contributed by atoms with Gasteiger partial charge in [0.25, 0.3) is 0 Å². The zero-order chi connectivity index (χ0) is 9.97. The van der Waals surface area contributed by atoms with E-state index in [0.29, 0.717) is 6.42 Å². The first-order valence-electron chi connectivity index (χ1n) is 4.75. The number of hydrogen-bond donors (Lipinski definition) is 3. The second kappa shape index (κ2) is 5.16. The molecule has 0 amide bonds. The quantitative estimate of drug-likeness (QED) is 0.750. The fraction of sp³-hybridized carbons (Fsp3) is 0.273. The van der Waals surface area contributed by atoms with Crippen molar-refractivity contribution >= 4 is 23.3 Å². The monoisotopic (exact) mass is 226 g/mol. The van der Waals surface area contributed by atoms with E-state index >= 15 is 0 Å². The van der Waals surface area contributed by atoms with Gasteiger partial charge in [-0.2, -0.15) is 0 Å². The summed E-state index contributed by atoms with van der Waals surface area (Å²) in [6, 6.07) is 8.02. The summed E-state index contributed by atoms with van der Waals surface area (Å²) >= 11 is 0. The molecule has 0 saturated heterocycles. The number of hydrogen-bond acceptors (Lipinski definition) is 2. The fourth-order valence-corrected chi connectivity index (χ4v) is 1.61. The van der Waals surface area contributed by atoms with Gasteiger partial charge >= 0.3 is 0 Å². The molecule has 1 heterocycles. The highest BCUT2D eigenvalue weighted by atomic mass is 35.5. The highest BCUT2D eigenvalue weighted by molar-refractivity contribution is 5.85. The lowest BCUT2D eigenvalue weighted by Gasteiger charge is -2.09. The van der Waals surface area contributed by atoms with Crippen LogP contribution in [-0.4, -0.2) is 16.7 Å². The Kier molecular flexibility index (Phi) is 4.15. The number of aliphatic hydroxyl groups excluding tert-OH is 1. The maximum atomic E-state index is 8.79. The molecule has 0 aliphatic rings. The van der Waals surface area contributed by atoms with Crippen LogP contribution in [-0.2, 0) is 0 Å². The Morgan fingerprint density at radius 1 is 1.33 bits per heavy atom. The van der Waals surface area contributed by atoms with E-state index in [4.69, 9.17) is 10.8 Å². The van der Waals surface area contributed by atoms with Gasteiger partial charge in [0, 0.05) is 24.4 Å². The van der Waals surface area contributed by atoms with Crippen molar-refractivity contribution in [3.05, 3.63) is 36.0 Å². The van der Waals surface area contributed by atoms with Gasteiger partial charge in [-0.25, -0.2) is 0 Å². The van der Waals surface area contributed by atoms with Crippen LogP contribution in [0.25, 0.3) is 10.9 Å². The molecular weight excluding hydrogens is 212 g/mol. The lowest BCUT2D eigenvalue weighted by Crippen LogP contribution is -2.11. The Hall–Kier alpha value is -1.03. The summed E-state index contributed by atoms with van der Waals surface area (Å²) in [5, 5.41) is 9.95. The Balaban J connectivity index is 0.00000112. The second-order valence-electron chi connectivity index (χ2n) is 3.44. The van der Waals surface area contributed by atoms with E-state index in [9.17, 15) is 0 Å². The molecule has 82 valence electrons. The molecule has 3 nitrogen and oxygen atoms in total. The number of nitrogens with two attached hydrogens (primary N) is 1. The standard InChI is InChI=1S/C11H14N2O.ClH/c12-10(4-6-14)8-1-2-11-9(7-8)3-5-13-11;/h1-3,5,7,10,13-14H,4,6,12H2;1H/t10-;/m1./s1. The molecule has 0 spiro atoms. The summed E-state index contributed by atoms with van der Waals surface area (Å²) in [6.07, 6.45) is 2.52. The van der Waals surface area contributed by atoms with Crippen molar-refractivity contribution in [2.75, 3.05) is 6.61 Å². The molecule has 1 aromatic heterocycles. The van der Waals surface area contributed by atoms with E-state index in [0.717, 1.165) is 16.5 Å². The molecule has 2 aromatic rings. The Labute approximate surface area is 94.7 Å². The van der Waals surface area contributed by atoms with E-state index in [1.807, 2.05) is 24.4 Å². The third kappa shape index (κ3) is 2.50. The molecule has 4 N–H and O–H groups in total. The molecule has 1 aromatic carbocycles. The number of benzene rings is 1. The van der Waals surface area contributed by atoms with Crippen molar-refractivity contribution in [1.82, 2.24) is 4.98 Å². The maximum Gasteiger partial charge on any atom is 0.0454 e. The van der Waals surface area contributed by atoms with Gasteiger partial charge in [0.05, 0.1) is 0 Å². The highest BCUT2D eigenvalue weighted by Gasteiger charge is 2.05. The van der Waals surface area contributed by atoms with Gasteiger partial charge in [-0.3, -0.25) is 0 Å². The van der Waals surface area contributed by atoms with E-state index in [2.05, 4.69) is 11.1 Å². The van der Waals surface area contributed by atoms with Gasteiger partial charge in [-0.1, -0.05) is 6.07 Å². The second-order valence-corrected chi connectivity index (χ2v) is 3.44. The first-order valence-corrected chi connectivity index (χ1v) is 4.75. The Morgan fingerprint density at radius 2 is 2.13 bits per heavy atom. The first kappa shape index (κ1) is 12.0. The first-order chi connectivity index (χ1) is 6.81. The van der Waals surface area contributed by atoms with Gasteiger partial charge < -0.3 is 15.8 Å². The van der Waals surface area contributed by atoms with Crippen LogP contribution < -0.4 is 5.73 Å². The van der Waals surface area contributed by atoms with Gasteiger partial charge in [-0.15, -0.1) is 12.4 Å². The average molecular weight is 227 g/mol. The summed E-state index contributed by atoms with van der Waals surface area (Å²) in [7, 11) is 0. The molecule has 1 atom stereocenters. The minimum absolute atomic E-state index is 0. The number of aliphatic hydroxyl groups is 1. The van der Waals surface area contributed by atoms with Crippen LogP contribution in [0.3, 0.4) is 0 Å². The maximum absolute atomic E-state index is 8.79. The van der Waals surface area contributed by atoms with Crippen molar-refractivity contribution in [3.63, 3.8) is 0 Å². The van der Waals surface area contributed by atoms with Gasteiger partial charge in [0.2, 0.25) is 0 Å². The number of aromatic nitrogens is 1. The molecular formula is C11H15ClN2O. The largest absolute Gasteiger partial charge is 0.396 e. The molecule has 0 radical (unpaired) electrons. The van der Waals surface area contributed by atoms with Crippen molar-refractivity contribution < 1.29 is 5.11 Å². The summed E-state index contributed by atoms with van der Waals surface area (Å²) in [6.45, 7) is 0.131. The van der Waals surface area contributed by atoms with E-state index in [-0.39, 0.29) is 25.1 Å². The molecule has 0 aliphatic carbocycles. The number of halogens is 1. The van der Waals surface area contributed by atoms with Gasteiger partial charge in [0.1, 0.15) is 0 Å². The molecule has 4 heteroatoms. The molecule has 0 fully saturated rings. The van der Waals surface area contributed by atoms with Crippen LogP contribution in [0.4, 0.5) is 0 Å². The number of aromatic amines is 1. The fourth-order valence-electron chi connectivity index (χ4n) is 1.61. The SMILES string of the molecule is Cl.N[C@H](CCO)c1ccc2[nH]ccc2c1. The highest BCUT2D eigenvalue weighted by Crippen LogP contribution is 2.19. The molecule has 0 bridgehead atoms. The normalized spacial score (nSPS) is 12.4. The summed E-state index contributed by atoms with van der Waals surface area (Å²) < 4.78 is 0. The topological polar surface area (TPSA) is 62.0 Å². The summed E-state index contributed by atoms with van der Waals surface area (Å²) in [5.74, 6) is 0. The van der Waals surface area contributed by atoms with E-state index in [1.165, 1.54) is 0 Å². The van der Waals surface area contributed by atoms with Crippen LogP contribution in [0.5, 0.6) is 0 Å². The van der Waals surface area contributed by atoms with E-state index in [1.54, 1.807) is 0 Å². The van der Waals surface area contributed by atoms with Crippen LogP contribution >= 0.6 is 12.4 Å². The van der Waals surface area contributed by atoms with Crippen molar-refractivity contribution in [2.45, 2.75) is 12.5 Å². The Bertz CT molecular complexity index is 427. The van der Waals surface area contributed by atoms with Crippen molar-refractivity contribution in [1.29, 1.82) is 0 Å². The zero-order valence-corrected chi connectivity index (χ0v) is 9.13. The Morgan fingerprint density at radius 3 is 2.87 bits per heavy atom. The minimum Gasteiger partial charge on any atom is -0.396 e. The van der Waals surface area contributed by atoms with Crippen LogP contribution in [0.15, 0.2) is 30.5 Å². The van der Waals surface area contributed by atoms with Crippen molar-refractivity contribution in [2.24, 2.45) is 5.73 Å². The molecule has 2 rings (SSSR count). The predicted octanol–water partition coefficient (Wildman–Crippen LogP) is 1.97. The smallest absolute Gasteiger partial charge is 0.0454 e. The molecule has 0 unspecified atom stereocenters. The predicted molar refractivity (Wildman–Crippen MR) is 64.2 cm³/mol. The van der Waals surface area contributed by atoms with E-state index < -0.39 is 0 Å². The lowest BCUT2D eigenvalue weighted by molar-refractivity contribution is 0.276. The summed E-state index contributed by atoms with van der Waals surface area (Å²) in [4.78, 5) is 3.13. The number of H-pyrrole nitrogens is 1. The summed E-state index contributed by atoms with van der Waals surface area (Å²) in [5.41, 5.74) is 8.09. The van der Waals surface area contributed by atoms with Crippen LogP contribution in [0.2, 0.25) is 0 Å². The number of fused-ring (bicyclic) bond motifs is 1. The molecule has 0 aliphatic heterocycles.